The molecule has 2 N–H and O–H groups in total. The topological polar surface area (TPSA) is 79.8 Å². The maximum Gasteiger partial charge on any atom is 0.268 e. The number of aromatic amines is 1. The van der Waals surface area contributed by atoms with Crippen molar-refractivity contribution < 1.29 is 9.59 Å². The van der Waals surface area contributed by atoms with E-state index in [2.05, 4.69) is 15.3 Å². The van der Waals surface area contributed by atoms with E-state index in [0.717, 1.165) is 16.9 Å². The summed E-state index contributed by atoms with van der Waals surface area (Å²) < 4.78 is 1.92. The van der Waals surface area contributed by atoms with E-state index >= 15 is 0 Å². The Kier molecular flexibility index (Phi) is 4.75. The van der Waals surface area contributed by atoms with E-state index in [1.807, 2.05) is 42.0 Å². The number of hydrogen-bond acceptors (Lipinski definition) is 3. The van der Waals surface area contributed by atoms with Crippen LogP contribution in [0.1, 0.15) is 57.6 Å². The fraction of sp³-hybridized carbons (Fsp3) is 0.250. The molecule has 3 aromatic rings. The molecule has 0 aliphatic rings. The third-order valence-corrected chi connectivity index (χ3v) is 4.56. The van der Waals surface area contributed by atoms with Crippen LogP contribution in [0, 0.1) is 13.8 Å². The third kappa shape index (κ3) is 3.31. The highest BCUT2D eigenvalue weighted by molar-refractivity contribution is 6.02. The van der Waals surface area contributed by atoms with Crippen LogP contribution in [0.5, 0.6) is 0 Å². The van der Waals surface area contributed by atoms with Crippen LogP contribution in [0.2, 0.25) is 0 Å². The fourth-order valence-electron chi connectivity index (χ4n) is 3.20. The average Bonchev–Trinajstić information content (AvgIpc) is 3.23. The number of aromatic nitrogens is 3. The summed E-state index contributed by atoms with van der Waals surface area (Å²) in [5.41, 5.74) is 4.44. The number of rotatable bonds is 5. The van der Waals surface area contributed by atoms with Crippen molar-refractivity contribution in [2.75, 3.05) is 0 Å². The number of carbonyl (C=O) groups excluding carboxylic acids is 2. The van der Waals surface area contributed by atoms with Crippen molar-refractivity contribution in [2.45, 2.75) is 33.7 Å². The molecule has 0 bridgehead atoms. The van der Waals surface area contributed by atoms with Crippen LogP contribution in [0.15, 0.2) is 43.0 Å². The van der Waals surface area contributed by atoms with E-state index in [-0.39, 0.29) is 17.7 Å². The summed E-state index contributed by atoms with van der Waals surface area (Å²) in [6.07, 6.45) is 5.35. The lowest BCUT2D eigenvalue weighted by atomic mass is 10.1. The highest BCUT2D eigenvalue weighted by atomic mass is 16.2. The van der Waals surface area contributed by atoms with Crippen LogP contribution in [0.3, 0.4) is 0 Å². The number of benzene rings is 1. The minimum absolute atomic E-state index is 0.0431. The van der Waals surface area contributed by atoms with E-state index in [0.29, 0.717) is 16.8 Å². The standard InChI is InChI=1S/C20H22N4O2/c1-12-18(15(4)25)14(3)22-19(12)20(26)23-13(2)16-5-7-17(8-6-16)24-10-9-21-11-24/h5-11,13,22H,1-4H3,(H,23,26)/t13-/m1/s1. The molecular weight excluding hydrogens is 328 g/mol. The summed E-state index contributed by atoms with van der Waals surface area (Å²) in [7, 11) is 0. The van der Waals surface area contributed by atoms with E-state index in [1.54, 1.807) is 26.4 Å². The molecule has 0 unspecified atom stereocenters. The third-order valence-electron chi connectivity index (χ3n) is 4.56. The minimum atomic E-state index is -0.218. The molecule has 0 saturated heterocycles. The van der Waals surface area contributed by atoms with Gasteiger partial charge in [-0.3, -0.25) is 9.59 Å². The van der Waals surface area contributed by atoms with Crippen molar-refractivity contribution in [3.05, 3.63) is 71.1 Å². The second-order valence-corrected chi connectivity index (χ2v) is 6.44. The molecule has 0 saturated carbocycles. The molecule has 6 nitrogen and oxygen atoms in total. The van der Waals surface area contributed by atoms with Crippen molar-refractivity contribution >= 4 is 11.7 Å². The summed E-state index contributed by atoms with van der Waals surface area (Å²) >= 11 is 0. The van der Waals surface area contributed by atoms with Gasteiger partial charge in [-0.15, -0.1) is 0 Å². The van der Waals surface area contributed by atoms with Gasteiger partial charge < -0.3 is 14.9 Å². The van der Waals surface area contributed by atoms with Crippen LogP contribution < -0.4 is 5.32 Å². The SMILES string of the molecule is CC(=O)c1c(C)[nH]c(C(=O)N[C@H](C)c2ccc(-n3ccnc3)cc2)c1C. The highest BCUT2D eigenvalue weighted by Gasteiger charge is 2.21. The van der Waals surface area contributed by atoms with E-state index in [1.165, 1.54) is 6.92 Å². The van der Waals surface area contributed by atoms with Crippen LogP contribution in [-0.2, 0) is 0 Å². The van der Waals surface area contributed by atoms with Crippen LogP contribution in [0.25, 0.3) is 5.69 Å². The maximum atomic E-state index is 12.6. The molecule has 0 spiro atoms. The van der Waals surface area contributed by atoms with Crippen molar-refractivity contribution in [1.82, 2.24) is 19.9 Å². The van der Waals surface area contributed by atoms with Gasteiger partial charge in [0.15, 0.2) is 5.78 Å². The van der Waals surface area contributed by atoms with E-state index < -0.39 is 0 Å². The molecule has 134 valence electrons. The lowest BCUT2D eigenvalue weighted by Crippen LogP contribution is -2.27. The normalized spacial score (nSPS) is 12.0. The summed E-state index contributed by atoms with van der Waals surface area (Å²) in [6, 6.07) is 7.76. The van der Waals surface area contributed by atoms with Gasteiger partial charge in [0.25, 0.3) is 5.91 Å². The number of H-pyrrole nitrogens is 1. The first-order valence-electron chi connectivity index (χ1n) is 8.47. The molecule has 1 atom stereocenters. The molecule has 2 aromatic heterocycles. The second kappa shape index (κ2) is 7.00. The number of ketones is 1. The Morgan fingerprint density at radius 1 is 1.19 bits per heavy atom. The van der Waals surface area contributed by atoms with Crippen LogP contribution >= 0.6 is 0 Å². The zero-order chi connectivity index (χ0) is 18.8. The zero-order valence-electron chi connectivity index (χ0n) is 15.3. The number of nitrogens with zero attached hydrogens (tertiary/aromatic N) is 2. The molecule has 0 fully saturated rings. The van der Waals surface area contributed by atoms with Crippen molar-refractivity contribution in [1.29, 1.82) is 0 Å². The van der Waals surface area contributed by atoms with Gasteiger partial charge in [-0.05, 0) is 51.0 Å². The predicted octanol–water partition coefficient (Wildman–Crippen LogP) is 3.51. The Balaban J connectivity index is 1.75. The van der Waals surface area contributed by atoms with Crippen LogP contribution in [-0.4, -0.2) is 26.2 Å². The molecule has 26 heavy (non-hydrogen) atoms. The number of carbonyl (C=O) groups is 2. The number of Topliss-reactive ketones (excluding diaryl/α,β-unsaturated/α-hetero) is 1. The Hall–Kier alpha value is -3.15. The van der Waals surface area contributed by atoms with Gasteiger partial charge >= 0.3 is 0 Å². The predicted molar refractivity (Wildman–Crippen MR) is 99.7 cm³/mol. The molecule has 0 radical (unpaired) electrons. The summed E-state index contributed by atoms with van der Waals surface area (Å²) in [4.78, 5) is 31.4. The minimum Gasteiger partial charge on any atom is -0.354 e. The summed E-state index contributed by atoms with van der Waals surface area (Å²) in [5.74, 6) is -0.261. The molecule has 1 amide bonds. The van der Waals surface area contributed by atoms with Crippen molar-refractivity contribution in [2.24, 2.45) is 0 Å². The lowest BCUT2D eigenvalue weighted by molar-refractivity contribution is 0.0934. The lowest BCUT2D eigenvalue weighted by Gasteiger charge is -2.15. The van der Waals surface area contributed by atoms with Crippen molar-refractivity contribution in [3.8, 4) is 5.69 Å². The number of imidazole rings is 1. The molecule has 6 heteroatoms. The van der Waals surface area contributed by atoms with Gasteiger partial charge in [0.1, 0.15) is 5.69 Å². The number of nitrogens with one attached hydrogen (secondary N) is 2. The molecule has 0 aliphatic heterocycles. The molecule has 2 heterocycles. The first-order valence-corrected chi connectivity index (χ1v) is 8.47. The summed E-state index contributed by atoms with van der Waals surface area (Å²) in [5, 5.41) is 2.99. The van der Waals surface area contributed by atoms with Gasteiger partial charge in [-0.25, -0.2) is 4.98 Å². The van der Waals surface area contributed by atoms with E-state index in [4.69, 9.17) is 0 Å². The smallest absolute Gasteiger partial charge is 0.268 e. The highest BCUT2D eigenvalue weighted by Crippen LogP contribution is 2.20. The molecule has 0 aliphatic carbocycles. The van der Waals surface area contributed by atoms with Gasteiger partial charge in [-0.1, -0.05) is 12.1 Å². The molecule has 1 aromatic carbocycles. The van der Waals surface area contributed by atoms with Crippen LogP contribution in [0.4, 0.5) is 0 Å². The first kappa shape index (κ1) is 17.7. The quantitative estimate of drug-likeness (QED) is 0.691. The Bertz CT molecular complexity index is 937. The second-order valence-electron chi connectivity index (χ2n) is 6.44. The molecule has 3 rings (SSSR count). The largest absolute Gasteiger partial charge is 0.354 e. The average molecular weight is 350 g/mol. The van der Waals surface area contributed by atoms with Gasteiger partial charge in [0.05, 0.1) is 12.4 Å². The van der Waals surface area contributed by atoms with Gasteiger partial charge in [0.2, 0.25) is 0 Å². The zero-order valence-corrected chi connectivity index (χ0v) is 15.3. The fourth-order valence-corrected chi connectivity index (χ4v) is 3.20. The maximum absolute atomic E-state index is 12.6. The number of amides is 1. The van der Waals surface area contributed by atoms with E-state index in [9.17, 15) is 9.59 Å². The van der Waals surface area contributed by atoms with Gasteiger partial charge in [-0.2, -0.15) is 0 Å². The first-order chi connectivity index (χ1) is 12.4. The van der Waals surface area contributed by atoms with Gasteiger partial charge in [0, 0.05) is 29.3 Å². The molecular formula is C20H22N4O2. The number of hydrogen-bond donors (Lipinski definition) is 2. The van der Waals surface area contributed by atoms with Crippen molar-refractivity contribution in [3.63, 3.8) is 0 Å². The number of aryl methyl sites for hydroxylation is 1. The monoisotopic (exact) mass is 350 g/mol. The Morgan fingerprint density at radius 3 is 2.42 bits per heavy atom. The Labute approximate surface area is 152 Å². The Morgan fingerprint density at radius 2 is 1.88 bits per heavy atom. The summed E-state index contributed by atoms with van der Waals surface area (Å²) in [6.45, 7) is 7.04.